The van der Waals surface area contributed by atoms with Crippen LogP contribution in [0.5, 0.6) is 5.75 Å². The summed E-state index contributed by atoms with van der Waals surface area (Å²) in [5, 5.41) is 15.8. The molecule has 0 radical (unpaired) electrons. The van der Waals surface area contributed by atoms with Crippen LogP contribution in [-0.4, -0.2) is 50.6 Å². The minimum atomic E-state index is -0.425. The molecule has 0 heterocycles. The van der Waals surface area contributed by atoms with Crippen molar-refractivity contribution in [2.45, 2.75) is 32.9 Å². The van der Waals surface area contributed by atoms with E-state index in [2.05, 4.69) is 15.6 Å². The van der Waals surface area contributed by atoms with Crippen molar-refractivity contribution in [1.29, 1.82) is 0 Å². The molecule has 1 aromatic rings. The lowest BCUT2D eigenvalue weighted by Gasteiger charge is -2.14. The molecule has 1 atom stereocenters. The molecule has 1 unspecified atom stereocenters. The zero-order chi connectivity index (χ0) is 16.9. The number of aliphatic imine (C=N–C) groups is 1. The maximum absolute atomic E-state index is 9.41. The number of guanidine groups is 1. The quantitative estimate of drug-likeness (QED) is 0.220. The van der Waals surface area contributed by atoms with E-state index in [1.165, 1.54) is 0 Å². The highest BCUT2D eigenvalue weighted by atomic mass is 127. The normalized spacial score (nSPS) is 12.2. The number of hydrogen-bond donors (Lipinski definition) is 3. The van der Waals surface area contributed by atoms with E-state index in [-0.39, 0.29) is 24.0 Å². The molecule has 7 heteroatoms. The largest absolute Gasteiger partial charge is 0.497 e. The molecule has 6 nitrogen and oxygen atoms in total. The molecule has 0 fully saturated rings. The zero-order valence-corrected chi connectivity index (χ0v) is 17.1. The number of rotatable bonds is 10. The number of halogens is 1. The van der Waals surface area contributed by atoms with Crippen LogP contribution in [0.15, 0.2) is 29.3 Å². The Balaban J connectivity index is 0.00000529. The second-order valence-electron chi connectivity index (χ2n) is 5.22. The van der Waals surface area contributed by atoms with Crippen LogP contribution in [0.25, 0.3) is 0 Å². The molecule has 24 heavy (non-hydrogen) atoms. The Morgan fingerprint density at radius 1 is 1.25 bits per heavy atom. The summed E-state index contributed by atoms with van der Waals surface area (Å²) in [5.41, 5.74) is 1.10. The number of nitrogens with zero attached hydrogens (tertiary/aromatic N) is 1. The highest BCUT2D eigenvalue weighted by molar-refractivity contribution is 14.0. The fourth-order valence-electron chi connectivity index (χ4n) is 1.85. The Hall–Kier alpha value is -1.06. The summed E-state index contributed by atoms with van der Waals surface area (Å²) >= 11 is 0. The smallest absolute Gasteiger partial charge is 0.191 e. The second-order valence-corrected chi connectivity index (χ2v) is 5.22. The topological polar surface area (TPSA) is 75.1 Å². The first-order valence-corrected chi connectivity index (χ1v) is 8.06. The van der Waals surface area contributed by atoms with Crippen LogP contribution in [0.1, 0.15) is 25.8 Å². The van der Waals surface area contributed by atoms with E-state index in [0.717, 1.165) is 37.5 Å². The van der Waals surface area contributed by atoms with Crippen LogP contribution in [0.2, 0.25) is 0 Å². The van der Waals surface area contributed by atoms with Gasteiger partial charge in [0.05, 0.1) is 19.8 Å². The molecule has 1 rings (SSSR count). The lowest BCUT2D eigenvalue weighted by molar-refractivity contribution is 0.145. The van der Waals surface area contributed by atoms with Gasteiger partial charge in [-0.3, -0.25) is 0 Å². The molecule has 0 aliphatic carbocycles. The number of aliphatic hydroxyl groups is 1. The van der Waals surface area contributed by atoms with Crippen LogP contribution in [0, 0.1) is 0 Å². The first-order chi connectivity index (χ1) is 11.2. The summed E-state index contributed by atoms with van der Waals surface area (Å²) in [5.74, 6) is 1.53. The van der Waals surface area contributed by atoms with Gasteiger partial charge in [-0.25, -0.2) is 4.99 Å². The molecule has 0 aliphatic heterocycles. The number of methoxy groups -OCH3 is 1. The van der Waals surface area contributed by atoms with Crippen molar-refractivity contribution in [1.82, 2.24) is 10.6 Å². The summed E-state index contributed by atoms with van der Waals surface area (Å²) in [4.78, 5) is 4.54. The fourth-order valence-corrected chi connectivity index (χ4v) is 1.85. The lowest BCUT2D eigenvalue weighted by atomic mass is 10.2. The molecular formula is C17H30IN3O3. The molecule has 138 valence electrons. The minimum Gasteiger partial charge on any atom is -0.497 e. The molecule has 0 saturated carbocycles. The van der Waals surface area contributed by atoms with Crippen LogP contribution in [0.3, 0.4) is 0 Å². The van der Waals surface area contributed by atoms with Crippen LogP contribution in [0.4, 0.5) is 0 Å². The number of ether oxygens (including phenoxy) is 2. The third-order valence-corrected chi connectivity index (χ3v) is 3.11. The van der Waals surface area contributed by atoms with E-state index in [9.17, 15) is 5.11 Å². The van der Waals surface area contributed by atoms with Gasteiger partial charge in [0.2, 0.25) is 0 Å². The van der Waals surface area contributed by atoms with Gasteiger partial charge < -0.3 is 25.2 Å². The molecule has 0 saturated heterocycles. The average molecular weight is 451 g/mol. The van der Waals surface area contributed by atoms with E-state index in [4.69, 9.17) is 9.47 Å². The van der Waals surface area contributed by atoms with Crippen molar-refractivity contribution >= 4 is 29.9 Å². The van der Waals surface area contributed by atoms with E-state index in [0.29, 0.717) is 19.0 Å². The molecule has 0 aromatic heterocycles. The molecule has 0 amide bonds. The number of aliphatic hydroxyl groups excluding tert-OH is 1. The third-order valence-electron chi connectivity index (χ3n) is 3.11. The summed E-state index contributed by atoms with van der Waals surface area (Å²) in [6.07, 6.45) is 0.484. The highest BCUT2D eigenvalue weighted by Gasteiger charge is 2.01. The van der Waals surface area contributed by atoms with Crippen molar-refractivity contribution in [3.8, 4) is 5.75 Å². The number of hydrogen-bond acceptors (Lipinski definition) is 4. The summed E-state index contributed by atoms with van der Waals surface area (Å²) < 4.78 is 10.5. The van der Waals surface area contributed by atoms with Crippen LogP contribution >= 0.6 is 24.0 Å². The van der Waals surface area contributed by atoms with Gasteiger partial charge in [0.15, 0.2) is 5.96 Å². The Labute approximate surface area is 162 Å². The van der Waals surface area contributed by atoms with Gasteiger partial charge in [-0.05, 0) is 38.0 Å². The Morgan fingerprint density at radius 2 is 1.96 bits per heavy atom. The van der Waals surface area contributed by atoms with Crippen molar-refractivity contribution in [3.05, 3.63) is 29.8 Å². The van der Waals surface area contributed by atoms with E-state index < -0.39 is 6.10 Å². The number of nitrogens with one attached hydrogen (secondary N) is 2. The van der Waals surface area contributed by atoms with Crippen LogP contribution in [-0.2, 0) is 11.3 Å². The van der Waals surface area contributed by atoms with Crippen molar-refractivity contribution in [2.75, 3.05) is 33.4 Å². The Morgan fingerprint density at radius 3 is 2.54 bits per heavy atom. The van der Waals surface area contributed by atoms with Crippen molar-refractivity contribution < 1.29 is 14.6 Å². The lowest BCUT2D eigenvalue weighted by Crippen LogP contribution is -2.41. The first kappa shape index (κ1) is 22.9. The van der Waals surface area contributed by atoms with E-state index in [1.807, 2.05) is 31.2 Å². The number of benzene rings is 1. The molecular weight excluding hydrogens is 421 g/mol. The summed E-state index contributed by atoms with van der Waals surface area (Å²) in [6, 6.07) is 7.82. The van der Waals surface area contributed by atoms with E-state index in [1.54, 1.807) is 14.0 Å². The molecule has 1 aromatic carbocycles. The SMILES string of the molecule is CCOCCCNC(=NCc1ccc(OC)cc1)NCC(C)O.I. The Kier molecular flexibility index (Phi) is 13.7. The molecule has 3 N–H and O–H groups in total. The molecule has 0 bridgehead atoms. The average Bonchev–Trinajstić information content (AvgIpc) is 2.56. The Bertz CT molecular complexity index is 453. The van der Waals surface area contributed by atoms with Gasteiger partial charge in [0.25, 0.3) is 0 Å². The first-order valence-electron chi connectivity index (χ1n) is 8.06. The minimum absolute atomic E-state index is 0. The maximum Gasteiger partial charge on any atom is 0.191 e. The van der Waals surface area contributed by atoms with Gasteiger partial charge in [0.1, 0.15) is 5.75 Å². The monoisotopic (exact) mass is 451 g/mol. The van der Waals surface area contributed by atoms with Crippen LogP contribution < -0.4 is 15.4 Å². The van der Waals surface area contributed by atoms with E-state index >= 15 is 0 Å². The maximum atomic E-state index is 9.41. The summed E-state index contributed by atoms with van der Waals surface area (Å²) in [7, 11) is 1.65. The fraction of sp³-hybridized carbons (Fsp3) is 0.588. The van der Waals surface area contributed by atoms with Gasteiger partial charge in [-0.15, -0.1) is 24.0 Å². The summed E-state index contributed by atoms with van der Waals surface area (Å²) in [6.45, 7) is 6.98. The standard InChI is InChI=1S/C17H29N3O3.HI/c1-4-23-11-5-10-18-17(19-12-14(2)21)20-13-15-6-8-16(22-3)9-7-15;/h6-9,14,21H,4-5,10-13H2,1-3H3,(H2,18,19,20);1H. The predicted octanol–water partition coefficient (Wildman–Crippen LogP) is 2.16. The molecule has 0 spiro atoms. The molecule has 0 aliphatic rings. The van der Waals surface area contributed by atoms with Crippen molar-refractivity contribution in [2.24, 2.45) is 4.99 Å². The van der Waals surface area contributed by atoms with Gasteiger partial charge in [-0.2, -0.15) is 0 Å². The predicted molar refractivity (Wildman–Crippen MR) is 108 cm³/mol. The van der Waals surface area contributed by atoms with Gasteiger partial charge >= 0.3 is 0 Å². The van der Waals surface area contributed by atoms with Gasteiger partial charge in [0, 0.05) is 26.3 Å². The third kappa shape index (κ3) is 10.7. The second kappa shape index (κ2) is 14.3. The van der Waals surface area contributed by atoms with Gasteiger partial charge in [-0.1, -0.05) is 12.1 Å². The van der Waals surface area contributed by atoms with Crippen molar-refractivity contribution in [3.63, 3.8) is 0 Å². The zero-order valence-electron chi connectivity index (χ0n) is 14.7. The highest BCUT2D eigenvalue weighted by Crippen LogP contribution is 2.11.